The Kier molecular flexibility index (Phi) is 5.20. The molecule has 0 amide bonds. The van der Waals surface area contributed by atoms with Gasteiger partial charge in [0, 0.05) is 18.7 Å². The molecule has 2 nitrogen and oxygen atoms in total. The zero-order valence-corrected chi connectivity index (χ0v) is 11.9. The number of benzene rings is 1. The van der Waals surface area contributed by atoms with Gasteiger partial charge in [-0.3, -0.25) is 0 Å². The summed E-state index contributed by atoms with van der Waals surface area (Å²) < 4.78 is 19.3. The first kappa shape index (κ1) is 14.3. The minimum absolute atomic E-state index is 0.218. The van der Waals surface area contributed by atoms with Gasteiger partial charge in [0.2, 0.25) is 0 Å². The molecule has 0 bridgehead atoms. The maximum Gasteiger partial charge on any atom is 0.127 e. The van der Waals surface area contributed by atoms with Crippen molar-refractivity contribution < 1.29 is 9.13 Å². The van der Waals surface area contributed by atoms with Crippen molar-refractivity contribution in [3.63, 3.8) is 0 Å². The fourth-order valence-electron chi connectivity index (χ4n) is 2.52. The van der Waals surface area contributed by atoms with Gasteiger partial charge in [0.15, 0.2) is 0 Å². The number of halogens is 1. The predicted octanol–water partition coefficient (Wildman–Crippen LogP) is 3.89. The lowest BCUT2D eigenvalue weighted by molar-refractivity contribution is 0.251. The number of rotatable bonds is 6. The molecule has 1 aliphatic carbocycles. The minimum Gasteiger partial charge on any atom is -0.493 e. The largest absolute Gasteiger partial charge is 0.493 e. The van der Waals surface area contributed by atoms with Crippen LogP contribution in [-0.4, -0.2) is 12.6 Å². The second-order valence-electron chi connectivity index (χ2n) is 5.79. The zero-order valence-electron chi connectivity index (χ0n) is 11.9. The highest BCUT2D eigenvalue weighted by Gasteiger charge is 2.15. The van der Waals surface area contributed by atoms with Gasteiger partial charge in [-0.25, -0.2) is 4.39 Å². The lowest BCUT2D eigenvalue weighted by Gasteiger charge is -2.13. The van der Waals surface area contributed by atoms with Crippen molar-refractivity contribution in [1.29, 1.82) is 0 Å². The summed E-state index contributed by atoms with van der Waals surface area (Å²) in [5.74, 6) is 1.09. The van der Waals surface area contributed by atoms with Crippen LogP contribution in [0.4, 0.5) is 4.39 Å². The van der Waals surface area contributed by atoms with E-state index in [4.69, 9.17) is 4.74 Å². The van der Waals surface area contributed by atoms with Gasteiger partial charge in [0.05, 0.1) is 6.61 Å². The van der Waals surface area contributed by atoms with Crippen LogP contribution in [0.15, 0.2) is 18.2 Å². The van der Waals surface area contributed by atoms with Crippen molar-refractivity contribution in [3.8, 4) is 5.75 Å². The molecular formula is C16H24FNO. The van der Waals surface area contributed by atoms with E-state index >= 15 is 0 Å². The average molecular weight is 265 g/mol. The maximum atomic E-state index is 13.5. The molecule has 0 unspecified atom stereocenters. The molecule has 1 aromatic carbocycles. The summed E-state index contributed by atoms with van der Waals surface area (Å²) in [6, 6.07) is 5.38. The van der Waals surface area contributed by atoms with Crippen LogP contribution in [-0.2, 0) is 6.54 Å². The van der Waals surface area contributed by atoms with Crippen LogP contribution in [0, 0.1) is 11.7 Å². The minimum atomic E-state index is -0.218. The molecule has 1 N–H and O–H groups in total. The fourth-order valence-corrected chi connectivity index (χ4v) is 2.52. The van der Waals surface area contributed by atoms with E-state index in [0.717, 1.165) is 12.2 Å². The van der Waals surface area contributed by atoms with Crippen molar-refractivity contribution in [2.24, 2.45) is 5.92 Å². The molecule has 0 atom stereocenters. The highest BCUT2D eigenvalue weighted by Crippen LogP contribution is 2.26. The standard InChI is InChI=1S/C16H24FNO/c1-12(2)18-10-14-7-15(17)9-16(8-14)19-11-13-5-3-4-6-13/h7-9,12-13,18H,3-6,10-11H2,1-2H3. The van der Waals surface area contributed by atoms with Crippen LogP contribution in [0.1, 0.15) is 45.1 Å². The fraction of sp³-hybridized carbons (Fsp3) is 0.625. The number of nitrogens with one attached hydrogen (secondary N) is 1. The van der Waals surface area contributed by atoms with E-state index in [1.807, 2.05) is 6.07 Å². The van der Waals surface area contributed by atoms with E-state index in [0.29, 0.717) is 24.3 Å². The number of ether oxygens (including phenoxy) is 1. The molecular weight excluding hydrogens is 241 g/mol. The molecule has 1 aliphatic rings. The molecule has 0 aromatic heterocycles. The Bertz CT molecular complexity index is 400. The lowest BCUT2D eigenvalue weighted by Crippen LogP contribution is -2.21. The van der Waals surface area contributed by atoms with Gasteiger partial charge in [0.25, 0.3) is 0 Å². The third-order valence-corrected chi connectivity index (χ3v) is 3.61. The normalized spacial score (nSPS) is 16.2. The molecule has 106 valence electrons. The first-order valence-corrected chi connectivity index (χ1v) is 7.29. The third kappa shape index (κ3) is 4.83. The summed E-state index contributed by atoms with van der Waals surface area (Å²) >= 11 is 0. The van der Waals surface area contributed by atoms with Crippen LogP contribution < -0.4 is 10.1 Å². The van der Waals surface area contributed by atoms with Crippen molar-refractivity contribution in [2.45, 2.75) is 52.1 Å². The first-order chi connectivity index (χ1) is 9.13. The summed E-state index contributed by atoms with van der Waals surface area (Å²) in [5.41, 5.74) is 0.940. The molecule has 2 rings (SSSR count). The van der Waals surface area contributed by atoms with Crippen LogP contribution in [0.3, 0.4) is 0 Å². The zero-order chi connectivity index (χ0) is 13.7. The van der Waals surface area contributed by atoms with Gasteiger partial charge in [-0.05, 0) is 36.5 Å². The molecule has 1 fully saturated rings. The Hall–Kier alpha value is -1.09. The lowest BCUT2D eigenvalue weighted by atomic mass is 10.1. The van der Waals surface area contributed by atoms with E-state index in [1.165, 1.54) is 31.7 Å². The van der Waals surface area contributed by atoms with E-state index in [1.54, 1.807) is 6.07 Å². The second kappa shape index (κ2) is 6.90. The molecule has 0 radical (unpaired) electrons. The van der Waals surface area contributed by atoms with Crippen molar-refractivity contribution in [3.05, 3.63) is 29.6 Å². The average Bonchev–Trinajstić information content (AvgIpc) is 2.86. The number of hydrogen-bond donors (Lipinski definition) is 1. The van der Waals surface area contributed by atoms with Crippen LogP contribution >= 0.6 is 0 Å². The molecule has 0 saturated heterocycles. The smallest absolute Gasteiger partial charge is 0.127 e. The summed E-state index contributed by atoms with van der Waals surface area (Å²) in [6.45, 7) is 5.56. The van der Waals surface area contributed by atoms with Gasteiger partial charge in [0.1, 0.15) is 11.6 Å². The van der Waals surface area contributed by atoms with Gasteiger partial charge < -0.3 is 10.1 Å². The first-order valence-electron chi connectivity index (χ1n) is 7.29. The SMILES string of the molecule is CC(C)NCc1cc(F)cc(OCC2CCCC2)c1. The maximum absolute atomic E-state index is 13.5. The van der Waals surface area contributed by atoms with Gasteiger partial charge >= 0.3 is 0 Å². The second-order valence-corrected chi connectivity index (χ2v) is 5.79. The number of hydrogen-bond acceptors (Lipinski definition) is 2. The van der Waals surface area contributed by atoms with Crippen molar-refractivity contribution >= 4 is 0 Å². The molecule has 3 heteroatoms. The Morgan fingerprint density at radius 1 is 1.26 bits per heavy atom. The topological polar surface area (TPSA) is 21.3 Å². The van der Waals surface area contributed by atoms with Crippen molar-refractivity contribution in [2.75, 3.05) is 6.61 Å². The summed E-state index contributed by atoms with van der Waals surface area (Å²) in [5, 5.41) is 3.29. The Morgan fingerprint density at radius 2 is 2.00 bits per heavy atom. The Labute approximate surface area is 115 Å². The molecule has 0 spiro atoms. The molecule has 19 heavy (non-hydrogen) atoms. The van der Waals surface area contributed by atoms with Gasteiger partial charge in [-0.15, -0.1) is 0 Å². The molecule has 0 heterocycles. The monoisotopic (exact) mass is 265 g/mol. The molecule has 1 aromatic rings. The molecule has 1 saturated carbocycles. The van der Waals surface area contributed by atoms with Crippen LogP contribution in [0.2, 0.25) is 0 Å². The summed E-state index contributed by atoms with van der Waals surface area (Å²) in [7, 11) is 0. The van der Waals surface area contributed by atoms with Crippen molar-refractivity contribution in [1.82, 2.24) is 5.32 Å². The van der Waals surface area contributed by atoms with E-state index in [9.17, 15) is 4.39 Å². The van der Waals surface area contributed by atoms with Crippen LogP contribution in [0.25, 0.3) is 0 Å². The van der Waals surface area contributed by atoms with E-state index in [-0.39, 0.29) is 5.82 Å². The Balaban J connectivity index is 1.91. The highest BCUT2D eigenvalue weighted by atomic mass is 19.1. The highest BCUT2D eigenvalue weighted by molar-refractivity contribution is 5.29. The molecule has 0 aliphatic heterocycles. The van der Waals surface area contributed by atoms with E-state index in [2.05, 4.69) is 19.2 Å². The third-order valence-electron chi connectivity index (χ3n) is 3.61. The quantitative estimate of drug-likeness (QED) is 0.842. The predicted molar refractivity (Wildman–Crippen MR) is 75.8 cm³/mol. The Morgan fingerprint density at radius 3 is 2.68 bits per heavy atom. The van der Waals surface area contributed by atoms with Gasteiger partial charge in [-0.1, -0.05) is 26.7 Å². The summed E-state index contributed by atoms with van der Waals surface area (Å²) in [4.78, 5) is 0. The summed E-state index contributed by atoms with van der Waals surface area (Å²) in [6.07, 6.45) is 5.11. The van der Waals surface area contributed by atoms with Gasteiger partial charge in [-0.2, -0.15) is 0 Å². The van der Waals surface area contributed by atoms with Crippen LogP contribution in [0.5, 0.6) is 5.75 Å². The van der Waals surface area contributed by atoms with E-state index < -0.39 is 0 Å².